The van der Waals surface area contributed by atoms with Crippen LogP contribution in [0.3, 0.4) is 0 Å². The number of halogens is 1. The van der Waals surface area contributed by atoms with E-state index >= 15 is 0 Å². The molecule has 0 aromatic carbocycles. The number of rotatable bonds is 3. The first kappa shape index (κ1) is 13.7. The highest BCUT2D eigenvalue weighted by Crippen LogP contribution is 2.23. The smallest absolute Gasteiger partial charge is 0.319 e. The first-order chi connectivity index (χ1) is 9.16. The number of nitrogens with one attached hydrogen (secondary N) is 2. The molecule has 1 aliphatic carbocycles. The summed E-state index contributed by atoms with van der Waals surface area (Å²) in [6.45, 7) is 0.402. The van der Waals surface area contributed by atoms with Gasteiger partial charge in [0.1, 0.15) is 0 Å². The average molecular weight is 267 g/mol. The molecule has 1 heterocycles. The average Bonchev–Trinajstić information content (AvgIpc) is 2.40. The number of pyridine rings is 1. The van der Waals surface area contributed by atoms with E-state index < -0.39 is 11.8 Å². The lowest BCUT2D eigenvalue weighted by Crippen LogP contribution is -2.38. The van der Waals surface area contributed by atoms with Crippen LogP contribution < -0.4 is 10.6 Å². The van der Waals surface area contributed by atoms with Crippen LogP contribution in [0.15, 0.2) is 18.5 Å². The molecule has 1 aliphatic rings. The summed E-state index contributed by atoms with van der Waals surface area (Å²) in [4.78, 5) is 15.2. The number of amides is 2. The van der Waals surface area contributed by atoms with Gasteiger partial charge in [0.25, 0.3) is 0 Å². The fourth-order valence-electron chi connectivity index (χ4n) is 2.29. The second kappa shape index (κ2) is 6.47. The predicted octanol–water partition coefficient (Wildman–Crippen LogP) is 1.89. The maximum Gasteiger partial charge on any atom is 0.319 e. The van der Waals surface area contributed by atoms with Crippen LogP contribution in [0.1, 0.15) is 25.7 Å². The number of aliphatic hydroxyl groups is 1. The molecule has 1 aromatic rings. The van der Waals surface area contributed by atoms with Crippen molar-refractivity contribution in [3.05, 3.63) is 24.3 Å². The number of nitrogens with zero attached hydrogens (tertiary/aromatic N) is 1. The Morgan fingerprint density at radius 2 is 2.26 bits per heavy atom. The van der Waals surface area contributed by atoms with Gasteiger partial charge in [0, 0.05) is 18.7 Å². The van der Waals surface area contributed by atoms with Crippen LogP contribution in [-0.2, 0) is 0 Å². The minimum atomic E-state index is -0.574. The van der Waals surface area contributed by atoms with Gasteiger partial charge in [0.2, 0.25) is 0 Å². The van der Waals surface area contributed by atoms with E-state index in [1.54, 1.807) is 0 Å². The Morgan fingerprint density at radius 3 is 3.00 bits per heavy atom. The fraction of sp³-hybridized carbons (Fsp3) is 0.538. The number of anilines is 1. The Bertz CT molecular complexity index is 442. The van der Waals surface area contributed by atoms with Crippen LogP contribution in [-0.4, -0.2) is 28.8 Å². The van der Waals surface area contributed by atoms with Crippen molar-refractivity contribution in [2.24, 2.45) is 5.92 Å². The molecule has 2 atom stereocenters. The molecule has 2 amide bonds. The molecule has 0 saturated heterocycles. The summed E-state index contributed by atoms with van der Waals surface area (Å²) in [6, 6.07) is 0.924. The van der Waals surface area contributed by atoms with Crippen molar-refractivity contribution >= 4 is 11.7 Å². The van der Waals surface area contributed by atoms with Crippen molar-refractivity contribution in [1.29, 1.82) is 0 Å². The first-order valence-electron chi connectivity index (χ1n) is 6.49. The van der Waals surface area contributed by atoms with Gasteiger partial charge in [-0.3, -0.25) is 4.98 Å². The molecule has 1 fully saturated rings. The van der Waals surface area contributed by atoms with Gasteiger partial charge in [-0.1, -0.05) is 12.8 Å². The number of urea groups is 1. The first-order valence-corrected chi connectivity index (χ1v) is 6.49. The van der Waals surface area contributed by atoms with Crippen LogP contribution in [0, 0.1) is 11.7 Å². The van der Waals surface area contributed by atoms with E-state index in [-0.39, 0.29) is 17.7 Å². The molecule has 1 aromatic heterocycles. The molecule has 1 saturated carbocycles. The second-order valence-electron chi connectivity index (χ2n) is 4.80. The molecule has 6 heteroatoms. The van der Waals surface area contributed by atoms with Gasteiger partial charge in [0.05, 0.1) is 18.0 Å². The topological polar surface area (TPSA) is 74.2 Å². The Kier molecular flexibility index (Phi) is 4.68. The van der Waals surface area contributed by atoms with Crippen molar-refractivity contribution < 1.29 is 14.3 Å². The summed E-state index contributed by atoms with van der Waals surface area (Å²) in [5.41, 5.74) is 0.0942. The number of hydrogen-bond donors (Lipinski definition) is 3. The second-order valence-corrected chi connectivity index (χ2v) is 4.80. The quantitative estimate of drug-likeness (QED) is 0.783. The minimum absolute atomic E-state index is 0.0850. The lowest BCUT2D eigenvalue weighted by atomic mass is 9.86. The summed E-state index contributed by atoms with van der Waals surface area (Å²) >= 11 is 0. The van der Waals surface area contributed by atoms with Gasteiger partial charge in [-0.2, -0.15) is 0 Å². The van der Waals surface area contributed by atoms with Gasteiger partial charge < -0.3 is 15.7 Å². The maximum absolute atomic E-state index is 13.3. The zero-order valence-electron chi connectivity index (χ0n) is 10.6. The summed E-state index contributed by atoms with van der Waals surface area (Å²) in [5, 5.41) is 14.9. The number of carbonyl (C=O) groups is 1. The van der Waals surface area contributed by atoms with Crippen LogP contribution in [0.25, 0.3) is 0 Å². The molecule has 0 spiro atoms. The molecule has 19 heavy (non-hydrogen) atoms. The van der Waals surface area contributed by atoms with Gasteiger partial charge in [-0.05, 0) is 18.9 Å². The molecule has 5 nitrogen and oxygen atoms in total. The molecule has 0 bridgehead atoms. The Balaban J connectivity index is 1.80. The maximum atomic E-state index is 13.3. The van der Waals surface area contributed by atoms with Gasteiger partial charge in [-0.15, -0.1) is 0 Å². The summed E-state index contributed by atoms with van der Waals surface area (Å²) in [7, 11) is 0. The van der Waals surface area contributed by atoms with Crippen molar-refractivity contribution in [2.75, 3.05) is 11.9 Å². The molecular formula is C13H18FN3O2. The Labute approximate surface area is 111 Å². The monoisotopic (exact) mass is 267 g/mol. The van der Waals surface area contributed by atoms with E-state index in [0.29, 0.717) is 6.54 Å². The third-order valence-electron chi connectivity index (χ3n) is 3.41. The van der Waals surface area contributed by atoms with Crippen LogP contribution in [0.4, 0.5) is 14.9 Å². The molecule has 0 radical (unpaired) electrons. The van der Waals surface area contributed by atoms with Crippen LogP contribution in [0.2, 0.25) is 0 Å². The van der Waals surface area contributed by atoms with Gasteiger partial charge in [0.15, 0.2) is 5.82 Å². The molecule has 2 unspecified atom stereocenters. The summed E-state index contributed by atoms with van der Waals surface area (Å²) in [6.07, 6.45) is 5.89. The van der Waals surface area contributed by atoms with E-state index in [0.717, 1.165) is 31.9 Å². The zero-order valence-corrected chi connectivity index (χ0v) is 10.6. The normalized spacial score (nSPS) is 22.8. The molecule has 0 aliphatic heterocycles. The highest BCUT2D eigenvalue weighted by Gasteiger charge is 2.23. The highest BCUT2D eigenvalue weighted by molar-refractivity contribution is 5.89. The van der Waals surface area contributed by atoms with Crippen molar-refractivity contribution in [1.82, 2.24) is 10.3 Å². The highest BCUT2D eigenvalue weighted by atomic mass is 19.1. The van der Waals surface area contributed by atoms with E-state index in [9.17, 15) is 14.3 Å². The van der Waals surface area contributed by atoms with E-state index in [1.807, 2.05) is 0 Å². The molecule has 2 rings (SSSR count). The van der Waals surface area contributed by atoms with E-state index in [2.05, 4.69) is 15.6 Å². The fourth-order valence-corrected chi connectivity index (χ4v) is 2.29. The number of aliphatic hydroxyl groups excluding tert-OH is 1. The summed E-state index contributed by atoms with van der Waals surface area (Å²) in [5.74, 6) is -0.489. The lowest BCUT2D eigenvalue weighted by molar-refractivity contribution is 0.0711. The lowest BCUT2D eigenvalue weighted by Gasteiger charge is -2.27. The van der Waals surface area contributed by atoms with Gasteiger partial charge in [-0.25, -0.2) is 9.18 Å². The predicted molar refractivity (Wildman–Crippen MR) is 69.2 cm³/mol. The van der Waals surface area contributed by atoms with Crippen molar-refractivity contribution in [3.63, 3.8) is 0 Å². The standard InChI is InChI=1S/C13H18FN3O2/c14-10-8-15-6-5-11(10)17-13(19)16-7-9-3-1-2-4-12(9)18/h5-6,8-9,12,18H,1-4,7H2,(H2,15,16,17,19). The van der Waals surface area contributed by atoms with Crippen LogP contribution >= 0.6 is 0 Å². The minimum Gasteiger partial charge on any atom is -0.393 e. The number of carbonyl (C=O) groups excluding carboxylic acids is 1. The molecule has 3 N–H and O–H groups in total. The van der Waals surface area contributed by atoms with Crippen molar-refractivity contribution in [2.45, 2.75) is 31.8 Å². The Morgan fingerprint density at radius 1 is 1.47 bits per heavy atom. The number of hydrogen-bond acceptors (Lipinski definition) is 3. The third kappa shape index (κ3) is 3.89. The zero-order chi connectivity index (χ0) is 13.7. The van der Waals surface area contributed by atoms with Crippen LogP contribution in [0.5, 0.6) is 0 Å². The van der Waals surface area contributed by atoms with E-state index in [1.165, 1.54) is 12.3 Å². The molecular weight excluding hydrogens is 249 g/mol. The SMILES string of the molecule is O=C(NCC1CCCCC1O)Nc1ccncc1F. The Hall–Kier alpha value is -1.69. The largest absolute Gasteiger partial charge is 0.393 e. The number of aromatic nitrogens is 1. The third-order valence-corrected chi connectivity index (χ3v) is 3.41. The van der Waals surface area contributed by atoms with Gasteiger partial charge >= 0.3 is 6.03 Å². The van der Waals surface area contributed by atoms with Crippen molar-refractivity contribution in [3.8, 4) is 0 Å². The molecule has 104 valence electrons. The van der Waals surface area contributed by atoms with E-state index in [4.69, 9.17) is 0 Å². The summed E-state index contributed by atoms with van der Waals surface area (Å²) < 4.78 is 13.3.